The van der Waals surface area contributed by atoms with Gasteiger partial charge in [0, 0.05) is 12.6 Å². The Balaban J connectivity index is 3.25. The second-order valence-corrected chi connectivity index (χ2v) is 5.64. The van der Waals surface area contributed by atoms with Gasteiger partial charge in [0.1, 0.15) is 10.7 Å². The van der Waals surface area contributed by atoms with Crippen molar-refractivity contribution >= 4 is 21.9 Å². The van der Waals surface area contributed by atoms with E-state index in [1.807, 2.05) is 0 Å². The molecule has 0 radical (unpaired) electrons. The number of carboxylic acids is 1. The lowest BCUT2D eigenvalue weighted by Crippen LogP contribution is -2.38. The smallest absolute Gasteiger partial charge is 0.371 e. The highest BCUT2D eigenvalue weighted by Crippen LogP contribution is 2.23. The summed E-state index contributed by atoms with van der Waals surface area (Å²) in [5.41, 5.74) is 4.97. The fourth-order valence-corrected chi connectivity index (χ4v) is 3.08. The number of amides is 1. The van der Waals surface area contributed by atoms with Gasteiger partial charge in [0.15, 0.2) is 0 Å². The Kier molecular flexibility index (Phi) is 4.32. The predicted octanol–water partition coefficient (Wildman–Crippen LogP) is -0.218. The van der Waals surface area contributed by atoms with Gasteiger partial charge < -0.3 is 15.3 Å². The molecule has 1 heterocycles. The minimum atomic E-state index is -4.01. The average molecular weight is 290 g/mol. The van der Waals surface area contributed by atoms with Gasteiger partial charge in [-0.15, -0.1) is 0 Å². The Morgan fingerprint density at radius 1 is 1.47 bits per heavy atom. The highest BCUT2D eigenvalue weighted by atomic mass is 32.2. The summed E-state index contributed by atoms with van der Waals surface area (Å²) < 4.78 is 30.1. The molecule has 0 bridgehead atoms. The lowest BCUT2D eigenvalue weighted by molar-refractivity contribution is -0.118. The minimum absolute atomic E-state index is 0.0261. The van der Waals surface area contributed by atoms with E-state index >= 15 is 0 Å². The fraction of sp³-hybridized carbons (Fsp3) is 0.400. The molecule has 0 aliphatic carbocycles. The first-order valence-electron chi connectivity index (χ1n) is 5.32. The van der Waals surface area contributed by atoms with E-state index in [9.17, 15) is 18.0 Å². The van der Waals surface area contributed by atoms with Gasteiger partial charge in [0.05, 0.1) is 6.54 Å². The van der Waals surface area contributed by atoms with Crippen molar-refractivity contribution < 1.29 is 27.5 Å². The zero-order valence-corrected chi connectivity index (χ0v) is 11.2. The fourth-order valence-electron chi connectivity index (χ4n) is 1.51. The molecule has 0 spiro atoms. The molecule has 8 nitrogen and oxygen atoms in total. The largest absolute Gasteiger partial charge is 0.475 e. The van der Waals surface area contributed by atoms with Crippen LogP contribution < -0.4 is 5.73 Å². The average Bonchev–Trinajstić information content (AvgIpc) is 2.68. The van der Waals surface area contributed by atoms with Crippen LogP contribution in [0.15, 0.2) is 15.4 Å². The van der Waals surface area contributed by atoms with Gasteiger partial charge in [0.25, 0.3) is 0 Å². The number of hydrogen-bond donors (Lipinski definition) is 2. The predicted molar refractivity (Wildman–Crippen MR) is 64.0 cm³/mol. The Labute approximate surface area is 109 Å². The molecule has 3 N–H and O–H groups in total. The van der Waals surface area contributed by atoms with Crippen molar-refractivity contribution in [2.45, 2.75) is 18.7 Å². The van der Waals surface area contributed by atoms with E-state index in [1.165, 1.54) is 13.8 Å². The van der Waals surface area contributed by atoms with Gasteiger partial charge in [-0.1, -0.05) is 6.92 Å². The number of primary amides is 1. The van der Waals surface area contributed by atoms with Crippen LogP contribution in [0.25, 0.3) is 0 Å². The van der Waals surface area contributed by atoms with Crippen LogP contribution in [0.2, 0.25) is 0 Å². The van der Waals surface area contributed by atoms with Gasteiger partial charge in [0.2, 0.25) is 21.7 Å². The lowest BCUT2D eigenvalue weighted by atomic mass is 10.4. The molecule has 0 aliphatic heterocycles. The third-order valence-corrected chi connectivity index (χ3v) is 4.41. The first-order valence-corrected chi connectivity index (χ1v) is 6.76. The molecule has 0 saturated heterocycles. The summed E-state index contributed by atoms with van der Waals surface area (Å²) in [7, 11) is -4.01. The Hall–Kier alpha value is -1.87. The molecular formula is C10H14N2O6S. The molecule has 9 heteroatoms. The first-order chi connectivity index (χ1) is 8.70. The molecule has 106 valence electrons. The quantitative estimate of drug-likeness (QED) is 0.744. The standard InChI is InChI=1S/C10H14N2O6S/c1-3-12(5-9(11)13)19(16,17)8-4-7(10(14)15)18-6(8)2/h4H,3,5H2,1-2H3,(H2,11,13)(H,14,15). The summed E-state index contributed by atoms with van der Waals surface area (Å²) >= 11 is 0. The van der Waals surface area contributed by atoms with Crippen LogP contribution in [0.1, 0.15) is 23.2 Å². The second-order valence-electron chi connectivity index (χ2n) is 3.73. The highest BCUT2D eigenvalue weighted by Gasteiger charge is 2.29. The van der Waals surface area contributed by atoms with Crippen LogP contribution in [0.5, 0.6) is 0 Å². The maximum atomic E-state index is 12.2. The van der Waals surface area contributed by atoms with E-state index < -0.39 is 34.2 Å². The van der Waals surface area contributed by atoms with Crippen molar-refractivity contribution in [3.63, 3.8) is 0 Å². The van der Waals surface area contributed by atoms with E-state index in [0.29, 0.717) is 0 Å². The summed E-state index contributed by atoms with van der Waals surface area (Å²) in [6.45, 7) is 2.41. The molecule has 0 fully saturated rings. The van der Waals surface area contributed by atoms with Crippen molar-refractivity contribution in [3.8, 4) is 0 Å². The van der Waals surface area contributed by atoms with Gasteiger partial charge in [-0.3, -0.25) is 4.79 Å². The second kappa shape index (κ2) is 5.41. The van der Waals surface area contributed by atoms with Crippen molar-refractivity contribution in [1.82, 2.24) is 4.31 Å². The number of nitrogens with two attached hydrogens (primary N) is 1. The minimum Gasteiger partial charge on any atom is -0.475 e. The van der Waals surface area contributed by atoms with E-state index in [4.69, 9.17) is 15.3 Å². The molecule has 0 saturated carbocycles. The van der Waals surface area contributed by atoms with Crippen molar-refractivity contribution in [2.75, 3.05) is 13.1 Å². The number of aromatic carboxylic acids is 1. The van der Waals surface area contributed by atoms with E-state index in [2.05, 4.69) is 0 Å². The molecule has 0 aromatic carbocycles. The summed E-state index contributed by atoms with van der Waals surface area (Å²) in [5.74, 6) is -2.71. The molecule has 1 rings (SSSR count). The molecule has 1 aromatic rings. The maximum Gasteiger partial charge on any atom is 0.371 e. The van der Waals surface area contributed by atoms with Crippen LogP contribution in [-0.2, 0) is 14.8 Å². The number of furan rings is 1. The molecule has 0 unspecified atom stereocenters. The van der Waals surface area contributed by atoms with Crippen molar-refractivity contribution in [1.29, 1.82) is 0 Å². The number of likely N-dealkylation sites (N-methyl/N-ethyl adjacent to an activating group) is 1. The number of rotatable bonds is 6. The van der Waals surface area contributed by atoms with Gasteiger partial charge in [-0.05, 0) is 6.92 Å². The number of hydrogen-bond acceptors (Lipinski definition) is 5. The summed E-state index contributed by atoms with van der Waals surface area (Å²) in [6.07, 6.45) is 0. The molecule has 1 amide bonds. The Bertz CT molecular complexity index is 604. The van der Waals surface area contributed by atoms with Crippen molar-refractivity contribution in [3.05, 3.63) is 17.6 Å². The number of carbonyl (C=O) groups is 2. The lowest BCUT2D eigenvalue weighted by Gasteiger charge is -2.17. The topological polar surface area (TPSA) is 131 Å². The third-order valence-electron chi connectivity index (χ3n) is 2.39. The zero-order chi connectivity index (χ0) is 14.8. The van der Waals surface area contributed by atoms with Crippen LogP contribution in [0, 0.1) is 6.92 Å². The summed E-state index contributed by atoms with van der Waals surface area (Å²) in [5, 5.41) is 8.75. The summed E-state index contributed by atoms with van der Waals surface area (Å²) in [4.78, 5) is 21.3. The number of aryl methyl sites for hydroxylation is 1. The molecule has 0 atom stereocenters. The van der Waals surface area contributed by atoms with E-state index in [0.717, 1.165) is 10.4 Å². The number of nitrogens with zero attached hydrogens (tertiary/aromatic N) is 1. The highest BCUT2D eigenvalue weighted by molar-refractivity contribution is 7.89. The molecule has 1 aromatic heterocycles. The van der Waals surface area contributed by atoms with E-state index in [1.54, 1.807) is 0 Å². The van der Waals surface area contributed by atoms with Crippen LogP contribution in [0.3, 0.4) is 0 Å². The zero-order valence-electron chi connectivity index (χ0n) is 10.4. The van der Waals surface area contributed by atoms with Crippen LogP contribution >= 0.6 is 0 Å². The summed E-state index contributed by atoms with van der Waals surface area (Å²) in [6, 6.07) is 0.913. The Morgan fingerprint density at radius 2 is 2.05 bits per heavy atom. The monoisotopic (exact) mass is 290 g/mol. The number of carboxylic acid groups (broad SMARTS) is 1. The van der Waals surface area contributed by atoms with Gasteiger partial charge in [-0.2, -0.15) is 4.31 Å². The first kappa shape index (κ1) is 15.2. The van der Waals surface area contributed by atoms with Crippen LogP contribution in [-0.4, -0.2) is 42.8 Å². The van der Waals surface area contributed by atoms with Crippen molar-refractivity contribution in [2.24, 2.45) is 5.73 Å². The van der Waals surface area contributed by atoms with Crippen LogP contribution in [0.4, 0.5) is 0 Å². The SMILES string of the molecule is CCN(CC(N)=O)S(=O)(=O)c1cc(C(=O)O)oc1C. The van der Waals surface area contributed by atoms with Gasteiger partial charge >= 0.3 is 5.97 Å². The van der Waals surface area contributed by atoms with E-state index in [-0.39, 0.29) is 17.2 Å². The number of sulfonamides is 1. The Morgan fingerprint density at radius 3 is 2.42 bits per heavy atom. The maximum absolute atomic E-state index is 12.2. The number of carbonyl (C=O) groups excluding carboxylic acids is 1. The normalized spacial score (nSPS) is 11.7. The van der Waals surface area contributed by atoms with Gasteiger partial charge in [-0.25, -0.2) is 13.2 Å². The molecule has 0 aliphatic rings. The third kappa shape index (κ3) is 3.12. The molecular weight excluding hydrogens is 276 g/mol. The molecule has 19 heavy (non-hydrogen) atoms.